The monoisotopic (exact) mass is 265 g/mol. The summed E-state index contributed by atoms with van der Waals surface area (Å²) in [5.41, 5.74) is -0.167. The summed E-state index contributed by atoms with van der Waals surface area (Å²) in [4.78, 5) is 14.8. The van der Waals surface area contributed by atoms with Gasteiger partial charge in [-0.15, -0.1) is 0 Å². The Bertz CT molecular complexity index is 479. The molecule has 1 fully saturated rings. The van der Waals surface area contributed by atoms with Crippen LogP contribution in [-0.4, -0.2) is 37.4 Å². The highest BCUT2D eigenvalue weighted by molar-refractivity contribution is 6.05. The van der Waals surface area contributed by atoms with Crippen molar-refractivity contribution in [1.82, 2.24) is 4.90 Å². The van der Waals surface area contributed by atoms with Gasteiger partial charge in [-0.05, 0) is 45.1 Å². The molecule has 0 N–H and O–H groups in total. The van der Waals surface area contributed by atoms with Crippen LogP contribution in [0, 0.1) is 5.82 Å². The van der Waals surface area contributed by atoms with Crippen molar-refractivity contribution in [1.29, 1.82) is 0 Å². The van der Waals surface area contributed by atoms with Gasteiger partial charge in [0.25, 0.3) is 0 Å². The topological polar surface area (TPSA) is 29.5 Å². The number of ketones is 1. The van der Waals surface area contributed by atoms with E-state index in [4.69, 9.17) is 4.74 Å². The zero-order chi connectivity index (χ0) is 14.0. The molecule has 0 spiro atoms. The Morgan fingerprint density at radius 2 is 1.95 bits per heavy atom. The minimum atomic E-state index is -0.513. The zero-order valence-corrected chi connectivity index (χ0v) is 11.7. The molecule has 0 atom stereocenters. The van der Waals surface area contributed by atoms with Crippen molar-refractivity contribution in [2.75, 3.05) is 21.2 Å². The lowest BCUT2D eigenvalue weighted by atomic mass is 9.86. The van der Waals surface area contributed by atoms with Gasteiger partial charge in [0.05, 0.1) is 18.2 Å². The predicted molar refractivity (Wildman–Crippen MR) is 72.2 cm³/mol. The third-order valence-electron chi connectivity index (χ3n) is 4.12. The quantitative estimate of drug-likeness (QED) is 0.784. The third kappa shape index (κ3) is 2.37. The molecule has 0 amide bonds. The van der Waals surface area contributed by atoms with Gasteiger partial charge in [-0.3, -0.25) is 9.69 Å². The van der Waals surface area contributed by atoms with Gasteiger partial charge in [0.2, 0.25) is 0 Å². The number of ether oxygens (including phenoxy) is 1. The first-order chi connectivity index (χ1) is 9.01. The van der Waals surface area contributed by atoms with Crippen molar-refractivity contribution in [2.45, 2.75) is 31.2 Å². The van der Waals surface area contributed by atoms with Crippen LogP contribution in [0.25, 0.3) is 0 Å². The van der Waals surface area contributed by atoms with Gasteiger partial charge in [0.15, 0.2) is 5.78 Å². The average Bonchev–Trinajstić information content (AvgIpc) is 2.88. The van der Waals surface area contributed by atoms with Crippen LogP contribution >= 0.6 is 0 Å². The zero-order valence-electron chi connectivity index (χ0n) is 11.7. The smallest absolute Gasteiger partial charge is 0.186 e. The molecule has 1 aliphatic rings. The van der Waals surface area contributed by atoms with Crippen molar-refractivity contribution in [2.24, 2.45) is 0 Å². The number of hydrogen-bond acceptors (Lipinski definition) is 3. The van der Waals surface area contributed by atoms with E-state index in [1.807, 2.05) is 19.0 Å². The Morgan fingerprint density at radius 3 is 2.47 bits per heavy atom. The Labute approximate surface area is 113 Å². The highest BCUT2D eigenvalue weighted by atomic mass is 19.1. The van der Waals surface area contributed by atoms with Crippen LogP contribution in [0.15, 0.2) is 18.2 Å². The highest BCUT2D eigenvalue weighted by Crippen LogP contribution is 2.38. The van der Waals surface area contributed by atoms with Gasteiger partial charge in [0.1, 0.15) is 11.6 Å². The van der Waals surface area contributed by atoms with Gasteiger partial charge in [-0.2, -0.15) is 0 Å². The van der Waals surface area contributed by atoms with Gasteiger partial charge in [0, 0.05) is 0 Å². The summed E-state index contributed by atoms with van der Waals surface area (Å²) >= 11 is 0. The minimum absolute atomic E-state index is 0.0358. The second-order valence-corrected chi connectivity index (χ2v) is 5.31. The second kappa shape index (κ2) is 5.29. The van der Waals surface area contributed by atoms with Crippen LogP contribution in [0.5, 0.6) is 5.75 Å². The van der Waals surface area contributed by atoms with Gasteiger partial charge in [-0.25, -0.2) is 4.39 Å². The lowest BCUT2D eigenvalue weighted by molar-refractivity contribution is 0.0689. The number of carbonyl (C=O) groups excluding carboxylic acids is 1. The number of hydrogen-bond donors (Lipinski definition) is 0. The van der Waals surface area contributed by atoms with E-state index >= 15 is 0 Å². The van der Waals surface area contributed by atoms with Gasteiger partial charge in [-0.1, -0.05) is 12.8 Å². The van der Waals surface area contributed by atoms with Crippen LogP contribution < -0.4 is 4.74 Å². The number of rotatable bonds is 4. The summed E-state index contributed by atoms with van der Waals surface area (Å²) in [6, 6.07) is 4.11. The number of methoxy groups -OCH3 is 1. The Hall–Kier alpha value is -1.42. The molecule has 1 saturated carbocycles. The fourth-order valence-corrected chi connectivity index (χ4v) is 2.95. The van der Waals surface area contributed by atoms with Crippen LogP contribution in [0.4, 0.5) is 4.39 Å². The molecule has 0 unspecified atom stereocenters. The third-order valence-corrected chi connectivity index (χ3v) is 4.12. The number of Topliss-reactive ketones (excluding diaryl/α,β-unsaturated/α-hetero) is 1. The number of nitrogens with zero attached hydrogens (tertiary/aromatic N) is 1. The lowest BCUT2D eigenvalue weighted by Crippen LogP contribution is -2.49. The van der Waals surface area contributed by atoms with Crippen LogP contribution in [0.1, 0.15) is 36.0 Å². The lowest BCUT2D eigenvalue weighted by Gasteiger charge is -2.35. The largest absolute Gasteiger partial charge is 0.496 e. The Kier molecular flexibility index (Phi) is 3.90. The summed E-state index contributed by atoms with van der Waals surface area (Å²) in [6.07, 6.45) is 3.69. The Morgan fingerprint density at radius 1 is 1.32 bits per heavy atom. The molecule has 0 radical (unpaired) electrons. The molecule has 0 aromatic heterocycles. The first-order valence-electron chi connectivity index (χ1n) is 6.57. The molecule has 104 valence electrons. The average molecular weight is 265 g/mol. The minimum Gasteiger partial charge on any atom is -0.496 e. The number of likely N-dealkylation sites (N-methyl/N-ethyl adjacent to an activating group) is 1. The van der Waals surface area contributed by atoms with Crippen molar-refractivity contribution in [3.05, 3.63) is 29.6 Å². The summed E-state index contributed by atoms with van der Waals surface area (Å²) in [5, 5.41) is 0. The highest BCUT2D eigenvalue weighted by Gasteiger charge is 2.44. The number of halogens is 1. The molecule has 19 heavy (non-hydrogen) atoms. The van der Waals surface area contributed by atoms with E-state index in [2.05, 4.69) is 0 Å². The summed E-state index contributed by atoms with van der Waals surface area (Å²) in [6.45, 7) is 0. The maximum atomic E-state index is 13.4. The van der Waals surface area contributed by atoms with E-state index < -0.39 is 11.4 Å². The molecule has 4 heteroatoms. The van der Waals surface area contributed by atoms with Gasteiger partial charge < -0.3 is 4.74 Å². The van der Waals surface area contributed by atoms with E-state index in [0.717, 1.165) is 25.7 Å². The van der Waals surface area contributed by atoms with Crippen molar-refractivity contribution < 1.29 is 13.9 Å². The standard InChI is InChI=1S/C15H20FNO2/c1-17(2)15(8-4-5-9-15)14(18)12-10-11(16)6-7-13(12)19-3/h6-7,10H,4-5,8-9H2,1-3H3. The SMILES string of the molecule is COc1ccc(F)cc1C(=O)C1(N(C)C)CCCC1. The molecule has 1 aliphatic carbocycles. The molecule has 1 aromatic rings. The fraction of sp³-hybridized carbons (Fsp3) is 0.533. The van der Waals surface area contributed by atoms with Crippen LogP contribution in [-0.2, 0) is 0 Å². The van der Waals surface area contributed by atoms with Crippen molar-refractivity contribution in [3.8, 4) is 5.75 Å². The fourth-order valence-electron chi connectivity index (χ4n) is 2.95. The van der Waals surface area contributed by atoms with Crippen molar-refractivity contribution >= 4 is 5.78 Å². The maximum absolute atomic E-state index is 13.4. The van der Waals surface area contributed by atoms with E-state index in [1.165, 1.54) is 25.3 Å². The molecular weight excluding hydrogens is 245 g/mol. The normalized spacial score (nSPS) is 17.7. The summed E-state index contributed by atoms with van der Waals surface area (Å²) in [7, 11) is 5.32. The second-order valence-electron chi connectivity index (χ2n) is 5.31. The maximum Gasteiger partial charge on any atom is 0.186 e. The van der Waals surface area contributed by atoms with E-state index in [1.54, 1.807) is 0 Å². The molecule has 0 aliphatic heterocycles. The molecule has 0 heterocycles. The first kappa shape index (κ1) is 14.0. The number of benzene rings is 1. The van der Waals surface area contributed by atoms with E-state index in [-0.39, 0.29) is 5.78 Å². The van der Waals surface area contributed by atoms with Crippen LogP contribution in [0.2, 0.25) is 0 Å². The predicted octanol–water partition coefficient (Wildman–Crippen LogP) is 2.89. The van der Waals surface area contributed by atoms with E-state index in [9.17, 15) is 9.18 Å². The molecule has 3 nitrogen and oxygen atoms in total. The number of carbonyl (C=O) groups is 1. The molecule has 0 bridgehead atoms. The van der Waals surface area contributed by atoms with Crippen molar-refractivity contribution in [3.63, 3.8) is 0 Å². The van der Waals surface area contributed by atoms with E-state index in [0.29, 0.717) is 11.3 Å². The molecule has 0 saturated heterocycles. The molecule has 2 rings (SSSR count). The summed E-state index contributed by atoms with van der Waals surface area (Å²) in [5.74, 6) is 0.00179. The summed E-state index contributed by atoms with van der Waals surface area (Å²) < 4.78 is 18.6. The molecule has 1 aromatic carbocycles. The Balaban J connectivity index is 2.45. The first-order valence-corrected chi connectivity index (χ1v) is 6.57. The van der Waals surface area contributed by atoms with Gasteiger partial charge >= 0.3 is 0 Å². The van der Waals surface area contributed by atoms with Crippen LogP contribution in [0.3, 0.4) is 0 Å². The molecular formula is C15H20FNO2.